The monoisotopic (exact) mass is 354 g/mol. The Kier molecular flexibility index (Phi) is 4.82. The summed E-state index contributed by atoms with van der Waals surface area (Å²) in [5, 5.41) is 9.81. The molecule has 1 N–H and O–H groups in total. The van der Waals surface area contributed by atoms with Gasteiger partial charge in [-0.25, -0.2) is 4.39 Å². The van der Waals surface area contributed by atoms with Crippen molar-refractivity contribution in [1.29, 1.82) is 0 Å². The summed E-state index contributed by atoms with van der Waals surface area (Å²) < 4.78 is 13.4. The Hall–Kier alpha value is -1.75. The van der Waals surface area contributed by atoms with Gasteiger partial charge in [0, 0.05) is 38.1 Å². The molecule has 2 aliphatic rings. The van der Waals surface area contributed by atoms with Crippen molar-refractivity contribution in [1.82, 2.24) is 9.80 Å². The Morgan fingerprint density at radius 3 is 2.35 bits per heavy atom. The van der Waals surface area contributed by atoms with Crippen LogP contribution in [0.5, 0.6) is 0 Å². The van der Waals surface area contributed by atoms with Crippen molar-refractivity contribution in [3.63, 3.8) is 0 Å². The highest BCUT2D eigenvalue weighted by atomic mass is 19.1. The minimum absolute atomic E-state index is 0.179. The number of aliphatic hydroxyl groups excluding tert-OH is 1. The van der Waals surface area contributed by atoms with Crippen molar-refractivity contribution < 1.29 is 9.50 Å². The first kappa shape index (κ1) is 17.7. The number of piperazine rings is 1. The average molecular weight is 354 g/mol. The fourth-order valence-electron chi connectivity index (χ4n) is 4.56. The number of nitrogens with zero attached hydrogens (tertiary/aromatic N) is 2. The SMILES string of the molecule is Cc1ccc2c(c1)[C@@H](c1ccc(F)cc1)C[C@@H]2N1CCN(C(C)O)CC1. The number of fused-ring (bicyclic) bond motifs is 1. The van der Waals surface area contributed by atoms with Gasteiger partial charge >= 0.3 is 0 Å². The molecule has 3 atom stereocenters. The first-order valence-corrected chi connectivity index (χ1v) is 9.55. The van der Waals surface area contributed by atoms with Crippen molar-refractivity contribution in [2.75, 3.05) is 26.2 Å². The van der Waals surface area contributed by atoms with Crippen molar-refractivity contribution in [2.24, 2.45) is 0 Å². The molecule has 1 heterocycles. The molecule has 2 aromatic rings. The van der Waals surface area contributed by atoms with Crippen LogP contribution in [0.3, 0.4) is 0 Å². The van der Waals surface area contributed by atoms with Gasteiger partial charge in [-0.2, -0.15) is 0 Å². The fourth-order valence-corrected chi connectivity index (χ4v) is 4.56. The molecule has 0 saturated carbocycles. The lowest BCUT2D eigenvalue weighted by molar-refractivity contribution is -0.0215. The third-order valence-electron chi connectivity index (χ3n) is 6.03. The molecule has 1 saturated heterocycles. The molecular weight excluding hydrogens is 327 g/mol. The maximum absolute atomic E-state index is 13.4. The van der Waals surface area contributed by atoms with Crippen LogP contribution in [0.15, 0.2) is 42.5 Å². The molecule has 0 spiro atoms. The van der Waals surface area contributed by atoms with E-state index in [9.17, 15) is 9.50 Å². The van der Waals surface area contributed by atoms with Crippen LogP contribution >= 0.6 is 0 Å². The molecule has 1 unspecified atom stereocenters. The largest absolute Gasteiger partial charge is 0.379 e. The Morgan fingerprint density at radius 2 is 1.69 bits per heavy atom. The van der Waals surface area contributed by atoms with Crippen LogP contribution in [0.25, 0.3) is 0 Å². The maximum atomic E-state index is 13.4. The third kappa shape index (κ3) is 3.29. The molecule has 2 aromatic carbocycles. The lowest BCUT2D eigenvalue weighted by atomic mass is 9.92. The normalized spacial score (nSPS) is 25.2. The second-order valence-corrected chi connectivity index (χ2v) is 7.69. The summed E-state index contributed by atoms with van der Waals surface area (Å²) in [6.07, 6.45) is 0.668. The van der Waals surface area contributed by atoms with E-state index < -0.39 is 0 Å². The molecule has 4 heteroatoms. The van der Waals surface area contributed by atoms with Crippen LogP contribution in [0, 0.1) is 12.7 Å². The molecule has 3 nitrogen and oxygen atoms in total. The zero-order valence-corrected chi connectivity index (χ0v) is 15.5. The number of aliphatic hydroxyl groups is 1. The summed E-state index contributed by atoms with van der Waals surface area (Å²) in [4.78, 5) is 4.68. The lowest BCUT2D eigenvalue weighted by Gasteiger charge is -2.39. The predicted octanol–water partition coefficient (Wildman–Crippen LogP) is 3.67. The molecule has 1 aliphatic carbocycles. The van der Waals surface area contributed by atoms with Gasteiger partial charge in [0.1, 0.15) is 12.0 Å². The zero-order chi connectivity index (χ0) is 18.3. The van der Waals surface area contributed by atoms with Crippen molar-refractivity contribution in [2.45, 2.75) is 38.5 Å². The summed E-state index contributed by atoms with van der Waals surface area (Å²) in [6, 6.07) is 14.2. The molecule has 0 bridgehead atoms. The summed E-state index contributed by atoms with van der Waals surface area (Å²) in [5.41, 5.74) is 5.27. The molecule has 0 aromatic heterocycles. The summed E-state index contributed by atoms with van der Waals surface area (Å²) in [5.74, 6) is 0.146. The highest BCUT2D eigenvalue weighted by molar-refractivity contribution is 5.46. The molecule has 0 radical (unpaired) electrons. The van der Waals surface area contributed by atoms with E-state index in [1.165, 1.54) is 22.3 Å². The fraction of sp³-hybridized carbons (Fsp3) is 0.455. The van der Waals surface area contributed by atoms with E-state index >= 15 is 0 Å². The highest BCUT2D eigenvalue weighted by Gasteiger charge is 2.36. The highest BCUT2D eigenvalue weighted by Crippen LogP contribution is 2.47. The number of hydrogen-bond acceptors (Lipinski definition) is 3. The number of halogens is 1. The Bertz CT molecular complexity index is 766. The number of rotatable bonds is 3. The molecule has 138 valence electrons. The van der Waals surface area contributed by atoms with E-state index in [4.69, 9.17) is 0 Å². The maximum Gasteiger partial charge on any atom is 0.123 e. The van der Waals surface area contributed by atoms with E-state index in [2.05, 4.69) is 34.9 Å². The topological polar surface area (TPSA) is 26.7 Å². The van der Waals surface area contributed by atoms with Crippen molar-refractivity contribution in [3.8, 4) is 0 Å². The second-order valence-electron chi connectivity index (χ2n) is 7.69. The Balaban J connectivity index is 1.61. The lowest BCUT2D eigenvalue weighted by Crippen LogP contribution is -2.50. The first-order valence-electron chi connectivity index (χ1n) is 9.55. The summed E-state index contributed by atoms with van der Waals surface area (Å²) in [6.45, 7) is 7.72. The van der Waals surface area contributed by atoms with Gasteiger partial charge in [-0.05, 0) is 49.1 Å². The molecule has 1 aliphatic heterocycles. The summed E-state index contributed by atoms with van der Waals surface area (Å²) in [7, 11) is 0. The smallest absolute Gasteiger partial charge is 0.123 e. The van der Waals surface area contributed by atoms with Gasteiger partial charge in [0.05, 0.1) is 0 Å². The van der Waals surface area contributed by atoms with E-state index in [1.807, 2.05) is 19.1 Å². The first-order chi connectivity index (χ1) is 12.5. The number of hydrogen-bond donors (Lipinski definition) is 1. The van der Waals surface area contributed by atoms with E-state index in [1.54, 1.807) is 12.1 Å². The van der Waals surface area contributed by atoms with Gasteiger partial charge in [-0.15, -0.1) is 0 Å². The molecule has 4 rings (SSSR count). The summed E-state index contributed by atoms with van der Waals surface area (Å²) >= 11 is 0. The van der Waals surface area contributed by atoms with Crippen LogP contribution in [-0.4, -0.2) is 47.3 Å². The van der Waals surface area contributed by atoms with Gasteiger partial charge in [0.2, 0.25) is 0 Å². The van der Waals surface area contributed by atoms with E-state index in [-0.39, 0.29) is 12.0 Å². The van der Waals surface area contributed by atoms with Gasteiger partial charge < -0.3 is 5.11 Å². The Labute approximate surface area is 155 Å². The molecule has 1 fully saturated rings. The minimum atomic E-state index is -0.373. The van der Waals surface area contributed by atoms with Crippen LogP contribution in [-0.2, 0) is 0 Å². The molecule has 26 heavy (non-hydrogen) atoms. The average Bonchev–Trinajstić information content (AvgIpc) is 3.01. The van der Waals surface area contributed by atoms with Gasteiger partial charge in [-0.1, -0.05) is 35.9 Å². The van der Waals surface area contributed by atoms with Crippen LogP contribution in [0.2, 0.25) is 0 Å². The number of benzene rings is 2. The van der Waals surface area contributed by atoms with Gasteiger partial charge in [0.25, 0.3) is 0 Å². The predicted molar refractivity (Wildman–Crippen MR) is 102 cm³/mol. The third-order valence-corrected chi connectivity index (χ3v) is 6.03. The van der Waals surface area contributed by atoms with Crippen LogP contribution in [0.4, 0.5) is 4.39 Å². The van der Waals surface area contributed by atoms with Crippen LogP contribution < -0.4 is 0 Å². The molecule has 0 amide bonds. The van der Waals surface area contributed by atoms with Crippen molar-refractivity contribution >= 4 is 0 Å². The minimum Gasteiger partial charge on any atom is -0.379 e. The Morgan fingerprint density at radius 1 is 1.00 bits per heavy atom. The second kappa shape index (κ2) is 7.10. The van der Waals surface area contributed by atoms with Crippen molar-refractivity contribution in [3.05, 3.63) is 70.5 Å². The van der Waals surface area contributed by atoms with E-state index in [0.29, 0.717) is 12.0 Å². The standard InChI is InChI=1S/C22H27FN2O/c1-15-3-8-19-21(13-15)20(17-4-6-18(23)7-5-17)14-22(19)25-11-9-24(10-12-25)16(2)26/h3-8,13,16,20,22,26H,9-12,14H2,1-2H3/t16?,20-,22+/m1/s1. The van der Waals surface area contributed by atoms with Gasteiger partial charge in [0.15, 0.2) is 0 Å². The van der Waals surface area contributed by atoms with E-state index in [0.717, 1.165) is 32.6 Å². The molecular formula is C22H27FN2O. The zero-order valence-electron chi connectivity index (χ0n) is 15.5. The van der Waals surface area contributed by atoms with Gasteiger partial charge in [-0.3, -0.25) is 9.80 Å². The van der Waals surface area contributed by atoms with Crippen LogP contribution in [0.1, 0.15) is 47.6 Å². The number of aryl methyl sites for hydroxylation is 1. The quantitative estimate of drug-likeness (QED) is 0.911.